The van der Waals surface area contributed by atoms with Crippen LogP contribution in [-0.4, -0.2) is 59.1 Å². The second-order valence-corrected chi connectivity index (χ2v) is 7.73. The molecule has 7 nitrogen and oxygen atoms in total. The second kappa shape index (κ2) is 8.54. The molecule has 0 bridgehead atoms. The van der Waals surface area contributed by atoms with Crippen molar-refractivity contribution in [3.05, 3.63) is 35.4 Å². The van der Waals surface area contributed by atoms with Crippen LogP contribution in [0.1, 0.15) is 60.2 Å². The van der Waals surface area contributed by atoms with Gasteiger partial charge in [0.15, 0.2) is 0 Å². The minimum absolute atomic E-state index is 0.000893. The normalized spacial score (nSPS) is 17.7. The Hall–Kier alpha value is -2.70. The maximum atomic E-state index is 12.8. The number of piperidine rings is 1. The summed E-state index contributed by atoms with van der Waals surface area (Å²) in [5.74, 6) is -1.18. The number of likely N-dealkylation sites (tertiary alicyclic amines) is 1. The van der Waals surface area contributed by atoms with Crippen molar-refractivity contribution in [2.45, 2.75) is 45.6 Å². The van der Waals surface area contributed by atoms with E-state index in [9.17, 15) is 19.2 Å². The minimum Gasteiger partial charge on any atom is -0.344 e. The fourth-order valence-corrected chi connectivity index (χ4v) is 3.73. The van der Waals surface area contributed by atoms with Crippen molar-refractivity contribution < 1.29 is 19.2 Å². The third-order valence-electron chi connectivity index (χ3n) is 5.36. The molecular formula is C21H27N3O4. The highest BCUT2D eigenvalue weighted by Crippen LogP contribution is 2.22. The van der Waals surface area contributed by atoms with Crippen LogP contribution in [0.5, 0.6) is 0 Å². The van der Waals surface area contributed by atoms with Gasteiger partial charge < -0.3 is 10.2 Å². The fourth-order valence-electron chi connectivity index (χ4n) is 3.73. The van der Waals surface area contributed by atoms with Crippen molar-refractivity contribution in [3.8, 4) is 0 Å². The summed E-state index contributed by atoms with van der Waals surface area (Å²) in [5, 5.41) is 2.81. The number of amides is 4. The van der Waals surface area contributed by atoms with Gasteiger partial charge in [0.1, 0.15) is 6.04 Å². The Labute approximate surface area is 165 Å². The number of carbonyl (C=O) groups is 4. The van der Waals surface area contributed by atoms with Crippen LogP contribution in [-0.2, 0) is 9.59 Å². The Kier molecular flexibility index (Phi) is 6.11. The predicted molar refractivity (Wildman–Crippen MR) is 104 cm³/mol. The lowest BCUT2D eigenvalue weighted by molar-refractivity contribution is -0.138. The molecule has 1 aromatic rings. The fraction of sp³-hybridized carbons (Fsp3) is 0.524. The number of rotatable bonds is 6. The molecule has 2 aliphatic heterocycles. The minimum atomic E-state index is -0.590. The first-order valence-corrected chi connectivity index (χ1v) is 9.93. The van der Waals surface area contributed by atoms with E-state index in [0.717, 1.165) is 37.3 Å². The van der Waals surface area contributed by atoms with Crippen molar-refractivity contribution in [1.82, 2.24) is 15.1 Å². The van der Waals surface area contributed by atoms with Gasteiger partial charge in [-0.1, -0.05) is 26.0 Å². The Morgan fingerprint density at radius 3 is 2.11 bits per heavy atom. The lowest BCUT2D eigenvalue weighted by Crippen LogP contribution is -2.52. The number of benzene rings is 1. The van der Waals surface area contributed by atoms with Crippen molar-refractivity contribution in [2.24, 2.45) is 5.92 Å². The average Bonchev–Trinajstić information content (AvgIpc) is 2.95. The molecule has 3 rings (SSSR count). The molecule has 0 unspecified atom stereocenters. The van der Waals surface area contributed by atoms with Gasteiger partial charge in [-0.15, -0.1) is 0 Å². The lowest BCUT2D eigenvalue weighted by atomic mass is 10.0. The molecule has 28 heavy (non-hydrogen) atoms. The molecule has 2 aliphatic rings. The third-order valence-corrected chi connectivity index (χ3v) is 5.36. The van der Waals surface area contributed by atoms with Crippen LogP contribution in [0.2, 0.25) is 0 Å². The van der Waals surface area contributed by atoms with E-state index in [1.54, 1.807) is 24.3 Å². The highest BCUT2D eigenvalue weighted by atomic mass is 16.2. The van der Waals surface area contributed by atoms with E-state index in [2.05, 4.69) is 5.32 Å². The van der Waals surface area contributed by atoms with E-state index in [-0.39, 0.29) is 42.5 Å². The number of hydrogen-bond acceptors (Lipinski definition) is 4. The number of carbonyl (C=O) groups excluding carboxylic acids is 4. The van der Waals surface area contributed by atoms with Crippen LogP contribution in [0.3, 0.4) is 0 Å². The number of nitrogens with zero attached hydrogens (tertiary/aromatic N) is 2. The molecule has 0 aliphatic carbocycles. The SMILES string of the molecule is CC(C)[C@@H](NC(=O)CCN1C(=O)c2ccccc2C1=O)C(=O)N1CCCCC1. The summed E-state index contributed by atoms with van der Waals surface area (Å²) < 4.78 is 0. The number of nitrogens with one attached hydrogen (secondary N) is 1. The number of hydrogen-bond donors (Lipinski definition) is 1. The van der Waals surface area contributed by atoms with E-state index in [1.807, 2.05) is 18.7 Å². The highest BCUT2D eigenvalue weighted by molar-refractivity contribution is 6.21. The number of imide groups is 1. The first-order chi connectivity index (χ1) is 13.4. The van der Waals surface area contributed by atoms with Gasteiger partial charge in [-0.05, 0) is 37.3 Å². The molecule has 150 valence electrons. The Morgan fingerprint density at radius 2 is 1.57 bits per heavy atom. The monoisotopic (exact) mass is 385 g/mol. The van der Waals surface area contributed by atoms with E-state index in [4.69, 9.17) is 0 Å². The molecule has 2 heterocycles. The molecular weight excluding hydrogens is 358 g/mol. The molecule has 7 heteroatoms. The second-order valence-electron chi connectivity index (χ2n) is 7.73. The highest BCUT2D eigenvalue weighted by Gasteiger charge is 2.35. The van der Waals surface area contributed by atoms with Crippen LogP contribution >= 0.6 is 0 Å². The quantitative estimate of drug-likeness (QED) is 0.757. The van der Waals surface area contributed by atoms with Crippen LogP contribution in [0.25, 0.3) is 0 Å². The standard InChI is InChI=1S/C21H27N3O4/c1-14(2)18(21(28)23-11-6-3-7-12-23)22-17(25)10-13-24-19(26)15-8-4-5-9-16(15)20(24)27/h4-5,8-9,14,18H,3,6-7,10-13H2,1-2H3,(H,22,25)/t18-/m1/s1. The van der Waals surface area contributed by atoms with Gasteiger partial charge in [-0.2, -0.15) is 0 Å². The average molecular weight is 385 g/mol. The van der Waals surface area contributed by atoms with Crippen molar-refractivity contribution in [2.75, 3.05) is 19.6 Å². The summed E-state index contributed by atoms with van der Waals surface area (Å²) in [6, 6.07) is 6.05. The largest absolute Gasteiger partial charge is 0.344 e. The van der Waals surface area contributed by atoms with E-state index >= 15 is 0 Å². The first-order valence-electron chi connectivity index (χ1n) is 9.93. The third kappa shape index (κ3) is 4.08. The molecule has 1 saturated heterocycles. The van der Waals surface area contributed by atoms with Gasteiger partial charge in [-0.25, -0.2) is 0 Å². The van der Waals surface area contributed by atoms with E-state index in [0.29, 0.717) is 11.1 Å². The van der Waals surface area contributed by atoms with Gasteiger partial charge in [-0.3, -0.25) is 24.1 Å². The lowest BCUT2D eigenvalue weighted by Gasteiger charge is -2.32. The van der Waals surface area contributed by atoms with Gasteiger partial charge >= 0.3 is 0 Å². The zero-order valence-electron chi connectivity index (χ0n) is 16.4. The molecule has 0 aromatic heterocycles. The molecule has 1 aromatic carbocycles. The molecule has 1 fully saturated rings. The van der Waals surface area contributed by atoms with Crippen LogP contribution in [0.15, 0.2) is 24.3 Å². The summed E-state index contributed by atoms with van der Waals surface area (Å²) in [7, 11) is 0. The summed E-state index contributed by atoms with van der Waals surface area (Å²) in [6.45, 7) is 5.26. The van der Waals surface area contributed by atoms with E-state index < -0.39 is 6.04 Å². The summed E-state index contributed by atoms with van der Waals surface area (Å²) in [5.41, 5.74) is 0.737. The van der Waals surface area contributed by atoms with Crippen molar-refractivity contribution in [3.63, 3.8) is 0 Å². The van der Waals surface area contributed by atoms with Gasteiger partial charge in [0.2, 0.25) is 11.8 Å². The van der Waals surface area contributed by atoms with Crippen molar-refractivity contribution >= 4 is 23.6 Å². The molecule has 0 saturated carbocycles. The summed E-state index contributed by atoms with van der Waals surface area (Å²) in [6.07, 6.45) is 3.08. The topological polar surface area (TPSA) is 86.8 Å². The van der Waals surface area contributed by atoms with E-state index in [1.165, 1.54) is 0 Å². The van der Waals surface area contributed by atoms with Crippen LogP contribution in [0.4, 0.5) is 0 Å². The Bertz CT molecular complexity index is 749. The molecule has 0 spiro atoms. The van der Waals surface area contributed by atoms with Gasteiger partial charge in [0.25, 0.3) is 11.8 Å². The Balaban J connectivity index is 1.57. The maximum Gasteiger partial charge on any atom is 0.261 e. The first kappa shape index (κ1) is 20.0. The van der Waals surface area contributed by atoms with Crippen molar-refractivity contribution in [1.29, 1.82) is 0 Å². The van der Waals surface area contributed by atoms with Crippen LogP contribution < -0.4 is 5.32 Å². The zero-order chi connectivity index (χ0) is 20.3. The molecule has 1 N–H and O–H groups in total. The summed E-state index contributed by atoms with van der Waals surface area (Å²) in [4.78, 5) is 52.9. The zero-order valence-corrected chi connectivity index (χ0v) is 16.4. The predicted octanol–water partition coefficient (Wildman–Crippen LogP) is 1.83. The summed E-state index contributed by atoms with van der Waals surface area (Å²) >= 11 is 0. The molecule has 4 amide bonds. The van der Waals surface area contributed by atoms with Gasteiger partial charge in [0.05, 0.1) is 11.1 Å². The van der Waals surface area contributed by atoms with Gasteiger partial charge in [0, 0.05) is 26.1 Å². The van der Waals surface area contributed by atoms with Crippen LogP contribution in [0, 0.1) is 5.92 Å². The molecule has 1 atom stereocenters. The molecule has 0 radical (unpaired) electrons. The Morgan fingerprint density at radius 1 is 1.00 bits per heavy atom. The smallest absolute Gasteiger partial charge is 0.261 e. The number of fused-ring (bicyclic) bond motifs is 1. The maximum absolute atomic E-state index is 12.8.